The van der Waals surface area contributed by atoms with Crippen LogP contribution in [0.25, 0.3) is 0 Å². The molecule has 2 aliphatic rings. The van der Waals surface area contributed by atoms with Crippen molar-refractivity contribution >= 4 is 10.0 Å². The lowest BCUT2D eigenvalue weighted by Crippen LogP contribution is -2.53. The van der Waals surface area contributed by atoms with Crippen molar-refractivity contribution in [2.24, 2.45) is 0 Å². The third-order valence-electron chi connectivity index (χ3n) is 4.01. The molecule has 5 heteroatoms. The van der Waals surface area contributed by atoms with Gasteiger partial charge in [-0.1, -0.05) is 29.8 Å². The number of benzene rings is 1. The van der Waals surface area contributed by atoms with Crippen molar-refractivity contribution in [1.82, 2.24) is 9.62 Å². The van der Waals surface area contributed by atoms with Gasteiger partial charge in [-0.15, -0.1) is 0 Å². The van der Waals surface area contributed by atoms with Crippen LogP contribution in [0.15, 0.2) is 24.3 Å². The molecule has 2 saturated heterocycles. The fourth-order valence-electron chi connectivity index (χ4n) is 3.09. The second kappa shape index (κ2) is 4.89. The van der Waals surface area contributed by atoms with Crippen LogP contribution >= 0.6 is 0 Å². The van der Waals surface area contributed by atoms with Gasteiger partial charge in [0, 0.05) is 25.2 Å². The molecular formula is C14H20N2O2S. The number of nitrogens with one attached hydrogen (secondary N) is 1. The third-order valence-corrected chi connectivity index (χ3v) is 5.79. The van der Waals surface area contributed by atoms with Crippen LogP contribution in [0.5, 0.6) is 0 Å². The van der Waals surface area contributed by atoms with E-state index in [1.807, 2.05) is 31.2 Å². The Balaban J connectivity index is 1.76. The van der Waals surface area contributed by atoms with E-state index in [0.29, 0.717) is 25.2 Å². The second-order valence-electron chi connectivity index (χ2n) is 5.70. The number of hydrogen-bond acceptors (Lipinski definition) is 3. The van der Waals surface area contributed by atoms with E-state index in [1.54, 1.807) is 4.31 Å². The molecule has 2 aliphatic heterocycles. The molecule has 0 aromatic heterocycles. The van der Waals surface area contributed by atoms with Crippen molar-refractivity contribution in [3.63, 3.8) is 0 Å². The van der Waals surface area contributed by atoms with Crippen molar-refractivity contribution in [2.45, 2.75) is 37.6 Å². The van der Waals surface area contributed by atoms with E-state index in [4.69, 9.17) is 0 Å². The summed E-state index contributed by atoms with van der Waals surface area (Å²) >= 11 is 0. The van der Waals surface area contributed by atoms with E-state index < -0.39 is 10.0 Å². The van der Waals surface area contributed by atoms with Gasteiger partial charge in [0.05, 0.1) is 5.75 Å². The maximum Gasteiger partial charge on any atom is 0.218 e. The zero-order valence-electron chi connectivity index (χ0n) is 11.2. The predicted octanol–water partition coefficient (Wildman–Crippen LogP) is 1.26. The molecule has 1 aromatic carbocycles. The highest BCUT2D eigenvalue weighted by Crippen LogP contribution is 2.23. The number of aryl methyl sites for hydroxylation is 1. The first-order valence-corrected chi connectivity index (χ1v) is 8.43. The maximum atomic E-state index is 12.5. The monoisotopic (exact) mass is 280 g/mol. The summed E-state index contributed by atoms with van der Waals surface area (Å²) in [5, 5.41) is 3.46. The number of nitrogens with zero attached hydrogens (tertiary/aromatic N) is 1. The van der Waals surface area contributed by atoms with Crippen LogP contribution in [0.2, 0.25) is 0 Å². The Morgan fingerprint density at radius 3 is 2.58 bits per heavy atom. The molecule has 0 aliphatic carbocycles. The molecule has 2 atom stereocenters. The fraction of sp³-hybridized carbons (Fsp3) is 0.571. The predicted molar refractivity (Wildman–Crippen MR) is 75.3 cm³/mol. The van der Waals surface area contributed by atoms with E-state index in [-0.39, 0.29) is 5.75 Å². The largest absolute Gasteiger partial charge is 0.309 e. The molecule has 0 saturated carbocycles. The second-order valence-corrected chi connectivity index (χ2v) is 7.67. The van der Waals surface area contributed by atoms with Gasteiger partial charge in [0.1, 0.15) is 0 Å². The standard InChI is InChI=1S/C14H20N2O2S/c1-11-3-2-4-12(7-11)10-19(17,18)16-8-13-5-6-14(9-16)15-13/h2-4,7,13-15H,5-6,8-10H2,1H3. The van der Waals surface area contributed by atoms with Crippen molar-refractivity contribution < 1.29 is 8.42 Å². The van der Waals surface area contributed by atoms with Crippen LogP contribution in [0.1, 0.15) is 24.0 Å². The first-order valence-electron chi connectivity index (χ1n) is 6.82. The molecule has 0 amide bonds. The van der Waals surface area contributed by atoms with Gasteiger partial charge in [-0.3, -0.25) is 0 Å². The zero-order chi connectivity index (χ0) is 13.5. The van der Waals surface area contributed by atoms with Gasteiger partial charge in [0.25, 0.3) is 0 Å². The number of rotatable bonds is 3. The average molecular weight is 280 g/mol. The molecule has 2 bridgehead atoms. The van der Waals surface area contributed by atoms with Gasteiger partial charge in [-0.05, 0) is 25.3 Å². The van der Waals surface area contributed by atoms with Crippen LogP contribution in [0, 0.1) is 6.92 Å². The minimum Gasteiger partial charge on any atom is -0.309 e. The van der Waals surface area contributed by atoms with Gasteiger partial charge in [0.15, 0.2) is 0 Å². The summed E-state index contributed by atoms with van der Waals surface area (Å²) in [4.78, 5) is 0. The summed E-state index contributed by atoms with van der Waals surface area (Å²) < 4.78 is 26.6. The highest BCUT2D eigenvalue weighted by atomic mass is 32.2. The van der Waals surface area contributed by atoms with Crippen molar-refractivity contribution in [3.8, 4) is 0 Å². The van der Waals surface area contributed by atoms with Crippen molar-refractivity contribution in [1.29, 1.82) is 0 Å². The molecule has 104 valence electrons. The summed E-state index contributed by atoms with van der Waals surface area (Å²) in [6.07, 6.45) is 2.20. The Morgan fingerprint density at radius 1 is 1.26 bits per heavy atom. The summed E-state index contributed by atoms with van der Waals surface area (Å²) in [5.74, 6) is 0.119. The summed E-state index contributed by atoms with van der Waals surface area (Å²) in [6.45, 7) is 3.25. The molecule has 2 unspecified atom stereocenters. The molecule has 1 aromatic rings. The van der Waals surface area contributed by atoms with Gasteiger partial charge in [-0.25, -0.2) is 8.42 Å². The van der Waals surface area contributed by atoms with Crippen molar-refractivity contribution in [2.75, 3.05) is 13.1 Å². The topological polar surface area (TPSA) is 49.4 Å². The maximum absolute atomic E-state index is 12.5. The molecule has 2 fully saturated rings. The zero-order valence-corrected chi connectivity index (χ0v) is 12.0. The van der Waals surface area contributed by atoms with E-state index in [9.17, 15) is 8.42 Å². The van der Waals surface area contributed by atoms with Gasteiger partial charge in [0.2, 0.25) is 10.0 Å². The molecule has 3 rings (SSSR count). The number of fused-ring (bicyclic) bond motifs is 2. The molecule has 19 heavy (non-hydrogen) atoms. The quantitative estimate of drug-likeness (QED) is 0.907. The molecule has 1 N–H and O–H groups in total. The van der Waals surface area contributed by atoms with Crippen LogP contribution in [0.3, 0.4) is 0 Å². The summed E-state index contributed by atoms with van der Waals surface area (Å²) in [5.41, 5.74) is 1.99. The van der Waals surface area contributed by atoms with E-state index in [1.165, 1.54) is 0 Å². The van der Waals surface area contributed by atoms with Crippen LogP contribution in [-0.2, 0) is 15.8 Å². The molecule has 0 spiro atoms. The van der Waals surface area contributed by atoms with Crippen LogP contribution in [0.4, 0.5) is 0 Å². The fourth-order valence-corrected chi connectivity index (χ4v) is 4.68. The molecular weight excluding hydrogens is 260 g/mol. The number of piperazine rings is 1. The number of hydrogen-bond donors (Lipinski definition) is 1. The Hall–Kier alpha value is -0.910. The normalized spacial score (nSPS) is 27.6. The average Bonchev–Trinajstić information content (AvgIpc) is 2.67. The number of sulfonamides is 1. The minimum absolute atomic E-state index is 0.119. The smallest absolute Gasteiger partial charge is 0.218 e. The van der Waals surface area contributed by atoms with E-state index >= 15 is 0 Å². The van der Waals surface area contributed by atoms with Crippen molar-refractivity contribution in [3.05, 3.63) is 35.4 Å². The van der Waals surface area contributed by atoms with Gasteiger partial charge < -0.3 is 5.32 Å². The van der Waals surface area contributed by atoms with Gasteiger partial charge in [-0.2, -0.15) is 4.31 Å². The van der Waals surface area contributed by atoms with Crippen LogP contribution in [-0.4, -0.2) is 37.9 Å². The van der Waals surface area contributed by atoms with Crippen LogP contribution < -0.4 is 5.32 Å². The highest BCUT2D eigenvalue weighted by molar-refractivity contribution is 7.88. The summed E-state index contributed by atoms with van der Waals surface area (Å²) in [7, 11) is -3.19. The Kier molecular flexibility index (Phi) is 3.37. The minimum atomic E-state index is -3.19. The third kappa shape index (κ3) is 2.83. The lowest BCUT2D eigenvalue weighted by Gasteiger charge is -2.32. The SMILES string of the molecule is Cc1cccc(CS(=O)(=O)N2CC3CCC(C2)N3)c1. The highest BCUT2D eigenvalue weighted by Gasteiger charge is 2.37. The lowest BCUT2D eigenvalue weighted by atomic mass is 10.2. The Bertz CT molecular complexity index is 559. The van der Waals surface area contributed by atoms with Gasteiger partial charge >= 0.3 is 0 Å². The van der Waals surface area contributed by atoms with E-state index in [2.05, 4.69) is 5.32 Å². The van der Waals surface area contributed by atoms with E-state index in [0.717, 1.165) is 24.0 Å². The first-order chi connectivity index (χ1) is 9.03. The summed E-state index contributed by atoms with van der Waals surface area (Å²) in [6, 6.07) is 8.45. The Morgan fingerprint density at radius 2 is 1.95 bits per heavy atom. The lowest BCUT2D eigenvalue weighted by molar-refractivity contribution is 0.296. The molecule has 4 nitrogen and oxygen atoms in total. The Labute approximate surface area is 114 Å². The molecule has 0 radical (unpaired) electrons. The molecule has 2 heterocycles. The first kappa shape index (κ1) is 13.1.